The number of allylic oxidation sites excluding steroid dienone is 4. The number of rotatable bonds is 7. The number of aliphatic hydroxyl groups excluding tert-OH is 1. The average molecular weight is 307 g/mol. The standard InChI is InChI=1S/C17H25NO4/c1-4-5-11(2)6-12(3)15(20)10-14(19)7-13-8-16(21)18-17(22)9-13/h4-6,12-14,19H,7-10H2,1-3H3,(H,18,21,22)/b5-4-,11-6+/t12-,14+/m0/s1. The van der Waals surface area contributed by atoms with Gasteiger partial charge in [-0.2, -0.15) is 0 Å². The number of aliphatic hydroxyl groups is 1. The molecular formula is C17H25NO4. The fraction of sp³-hybridized carbons (Fsp3) is 0.588. The Kier molecular flexibility index (Phi) is 7.18. The molecule has 22 heavy (non-hydrogen) atoms. The molecule has 0 spiro atoms. The van der Waals surface area contributed by atoms with E-state index in [1.807, 2.05) is 32.1 Å². The molecule has 1 aliphatic rings. The summed E-state index contributed by atoms with van der Waals surface area (Å²) in [6.45, 7) is 5.64. The van der Waals surface area contributed by atoms with E-state index in [1.165, 1.54) is 0 Å². The van der Waals surface area contributed by atoms with Crippen LogP contribution in [0.4, 0.5) is 0 Å². The molecule has 0 aliphatic carbocycles. The van der Waals surface area contributed by atoms with Crippen LogP contribution in [0.3, 0.4) is 0 Å². The fourth-order valence-corrected chi connectivity index (χ4v) is 2.71. The van der Waals surface area contributed by atoms with Crippen LogP contribution in [0.25, 0.3) is 0 Å². The lowest BCUT2D eigenvalue weighted by Gasteiger charge is -2.23. The van der Waals surface area contributed by atoms with Crippen LogP contribution in [0, 0.1) is 11.8 Å². The summed E-state index contributed by atoms with van der Waals surface area (Å²) in [6, 6.07) is 0. The highest BCUT2D eigenvalue weighted by molar-refractivity contribution is 5.97. The molecule has 1 heterocycles. The van der Waals surface area contributed by atoms with Gasteiger partial charge in [-0.1, -0.05) is 30.7 Å². The molecule has 122 valence electrons. The van der Waals surface area contributed by atoms with E-state index >= 15 is 0 Å². The van der Waals surface area contributed by atoms with Crippen molar-refractivity contribution in [2.75, 3.05) is 0 Å². The van der Waals surface area contributed by atoms with Crippen LogP contribution < -0.4 is 5.32 Å². The van der Waals surface area contributed by atoms with Crippen molar-refractivity contribution in [3.05, 3.63) is 23.8 Å². The first-order chi connectivity index (χ1) is 10.3. The second kappa shape index (κ2) is 8.63. The van der Waals surface area contributed by atoms with Crippen LogP contribution >= 0.6 is 0 Å². The van der Waals surface area contributed by atoms with E-state index in [2.05, 4.69) is 5.32 Å². The topological polar surface area (TPSA) is 83.5 Å². The lowest BCUT2D eigenvalue weighted by molar-refractivity contribution is -0.135. The van der Waals surface area contributed by atoms with E-state index in [0.29, 0.717) is 6.42 Å². The summed E-state index contributed by atoms with van der Waals surface area (Å²) in [7, 11) is 0. The van der Waals surface area contributed by atoms with Crippen LogP contribution in [0.5, 0.6) is 0 Å². The van der Waals surface area contributed by atoms with Gasteiger partial charge in [0.05, 0.1) is 6.10 Å². The van der Waals surface area contributed by atoms with Crippen molar-refractivity contribution >= 4 is 17.6 Å². The number of Topliss-reactive ketones (excluding diaryl/α,β-unsaturated/α-hetero) is 1. The first-order valence-corrected chi connectivity index (χ1v) is 7.66. The summed E-state index contributed by atoms with van der Waals surface area (Å²) in [5.74, 6) is -1.10. The summed E-state index contributed by atoms with van der Waals surface area (Å²) in [5.41, 5.74) is 1.01. The number of hydrogen-bond donors (Lipinski definition) is 2. The number of ketones is 1. The Balaban J connectivity index is 2.48. The Bertz CT molecular complexity index is 477. The minimum atomic E-state index is -0.811. The van der Waals surface area contributed by atoms with E-state index in [1.54, 1.807) is 6.92 Å². The van der Waals surface area contributed by atoms with Crippen molar-refractivity contribution in [2.24, 2.45) is 11.8 Å². The SMILES string of the molecule is C/C=C\C(C)=C\[C@H](C)C(=O)C[C@H](O)CC1CC(=O)NC(=O)C1. The van der Waals surface area contributed by atoms with Crippen molar-refractivity contribution in [3.63, 3.8) is 0 Å². The molecule has 2 amide bonds. The monoisotopic (exact) mass is 307 g/mol. The summed E-state index contributed by atoms with van der Waals surface area (Å²) >= 11 is 0. The lowest BCUT2D eigenvalue weighted by atomic mass is 9.88. The largest absolute Gasteiger partial charge is 0.393 e. The minimum absolute atomic E-state index is 0.0389. The smallest absolute Gasteiger partial charge is 0.226 e. The lowest BCUT2D eigenvalue weighted by Crippen LogP contribution is -2.39. The van der Waals surface area contributed by atoms with Gasteiger partial charge in [-0.15, -0.1) is 0 Å². The third-order valence-corrected chi connectivity index (χ3v) is 3.72. The van der Waals surface area contributed by atoms with E-state index in [9.17, 15) is 19.5 Å². The quantitative estimate of drug-likeness (QED) is 0.556. The van der Waals surface area contributed by atoms with Crippen LogP contribution in [-0.2, 0) is 14.4 Å². The molecule has 1 fully saturated rings. The molecule has 0 radical (unpaired) electrons. The van der Waals surface area contributed by atoms with Gasteiger partial charge in [0.15, 0.2) is 0 Å². The van der Waals surface area contributed by atoms with Crippen molar-refractivity contribution in [1.82, 2.24) is 5.32 Å². The molecule has 2 atom stereocenters. The third kappa shape index (κ3) is 6.35. The van der Waals surface area contributed by atoms with Gasteiger partial charge in [0.2, 0.25) is 11.8 Å². The summed E-state index contributed by atoms with van der Waals surface area (Å²) in [4.78, 5) is 34.7. The third-order valence-electron chi connectivity index (χ3n) is 3.72. The van der Waals surface area contributed by atoms with E-state index in [4.69, 9.17) is 0 Å². The molecule has 1 rings (SSSR count). The van der Waals surface area contributed by atoms with Crippen LogP contribution in [0.2, 0.25) is 0 Å². The number of piperidine rings is 1. The van der Waals surface area contributed by atoms with Gasteiger partial charge in [0.1, 0.15) is 5.78 Å². The van der Waals surface area contributed by atoms with Crippen molar-refractivity contribution in [3.8, 4) is 0 Å². The van der Waals surface area contributed by atoms with Crippen LogP contribution in [0.15, 0.2) is 23.8 Å². The number of imide groups is 1. The second-order valence-electron chi connectivity index (χ2n) is 6.00. The van der Waals surface area contributed by atoms with Crippen LogP contribution in [0.1, 0.15) is 46.5 Å². The zero-order chi connectivity index (χ0) is 16.7. The Morgan fingerprint density at radius 2 is 1.95 bits per heavy atom. The second-order valence-corrected chi connectivity index (χ2v) is 6.00. The number of carbonyl (C=O) groups excluding carboxylic acids is 3. The molecule has 2 N–H and O–H groups in total. The molecule has 0 bridgehead atoms. The molecule has 0 aromatic carbocycles. The normalized spacial score (nSPS) is 20.1. The van der Waals surface area contributed by atoms with Gasteiger partial charge >= 0.3 is 0 Å². The number of hydrogen-bond acceptors (Lipinski definition) is 4. The minimum Gasteiger partial charge on any atom is -0.393 e. The Morgan fingerprint density at radius 3 is 2.50 bits per heavy atom. The van der Waals surface area contributed by atoms with Crippen molar-refractivity contribution < 1.29 is 19.5 Å². The summed E-state index contributed by atoms with van der Waals surface area (Å²) in [5, 5.41) is 12.3. The predicted molar refractivity (Wildman–Crippen MR) is 83.9 cm³/mol. The van der Waals surface area contributed by atoms with Crippen molar-refractivity contribution in [2.45, 2.75) is 52.6 Å². The highest BCUT2D eigenvalue weighted by Crippen LogP contribution is 2.21. The molecule has 1 saturated heterocycles. The molecule has 5 heteroatoms. The zero-order valence-corrected chi connectivity index (χ0v) is 13.5. The number of carbonyl (C=O) groups is 3. The molecule has 0 aromatic heterocycles. The van der Waals surface area contributed by atoms with E-state index in [0.717, 1.165) is 5.57 Å². The van der Waals surface area contributed by atoms with Crippen molar-refractivity contribution in [1.29, 1.82) is 0 Å². The Labute approximate surface area is 131 Å². The van der Waals surface area contributed by atoms with Gasteiger partial charge in [-0.25, -0.2) is 0 Å². The molecule has 0 saturated carbocycles. The summed E-state index contributed by atoms with van der Waals surface area (Å²) in [6.07, 6.45) is 5.69. The molecule has 5 nitrogen and oxygen atoms in total. The predicted octanol–water partition coefficient (Wildman–Crippen LogP) is 1.91. The van der Waals surface area contributed by atoms with Gasteiger partial charge in [0, 0.05) is 25.2 Å². The zero-order valence-electron chi connectivity index (χ0n) is 13.5. The maximum Gasteiger partial charge on any atom is 0.226 e. The fourth-order valence-electron chi connectivity index (χ4n) is 2.71. The molecule has 0 aromatic rings. The first kappa shape index (κ1) is 18.3. The van der Waals surface area contributed by atoms with Gasteiger partial charge in [0.25, 0.3) is 0 Å². The average Bonchev–Trinajstić information content (AvgIpc) is 2.36. The molecule has 1 aliphatic heterocycles. The van der Waals surface area contributed by atoms with Gasteiger partial charge < -0.3 is 5.11 Å². The first-order valence-electron chi connectivity index (χ1n) is 7.66. The molecule has 0 unspecified atom stereocenters. The summed E-state index contributed by atoms with van der Waals surface area (Å²) < 4.78 is 0. The highest BCUT2D eigenvalue weighted by Gasteiger charge is 2.27. The number of nitrogens with one attached hydrogen (secondary N) is 1. The van der Waals surface area contributed by atoms with Crippen LogP contribution in [-0.4, -0.2) is 28.8 Å². The van der Waals surface area contributed by atoms with E-state index < -0.39 is 6.10 Å². The maximum absolute atomic E-state index is 12.1. The maximum atomic E-state index is 12.1. The van der Waals surface area contributed by atoms with E-state index in [-0.39, 0.29) is 48.7 Å². The Hall–Kier alpha value is -1.75. The van der Waals surface area contributed by atoms with Gasteiger partial charge in [-0.3, -0.25) is 19.7 Å². The highest BCUT2D eigenvalue weighted by atomic mass is 16.3. The van der Waals surface area contributed by atoms with Gasteiger partial charge in [-0.05, 0) is 26.2 Å². The Morgan fingerprint density at radius 1 is 1.36 bits per heavy atom. The number of amides is 2. The molecular weight excluding hydrogens is 282 g/mol.